The maximum atomic E-state index is 4.72. The van der Waals surface area contributed by atoms with E-state index in [0.717, 1.165) is 42.2 Å². The van der Waals surface area contributed by atoms with Gasteiger partial charge in [0.1, 0.15) is 5.82 Å². The number of nitrogens with zero attached hydrogens (tertiary/aromatic N) is 4. The number of nitrogens with one attached hydrogen (secondary N) is 1. The highest BCUT2D eigenvalue weighted by atomic mass is 15.3. The highest BCUT2D eigenvalue weighted by Gasteiger charge is 2.10. The Morgan fingerprint density at radius 3 is 2.77 bits per heavy atom. The number of imidazole rings is 1. The first kappa shape index (κ1) is 14.8. The third-order valence-electron chi connectivity index (χ3n) is 3.90. The van der Waals surface area contributed by atoms with Gasteiger partial charge in [0.15, 0.2) is 0 Å². The predicted molar refractivity (Wildman–Crippen MR) is 88.6 cm³/mol. The average Bonchev–Trinajstić information content (AvgIpc) is 3.02. The minimum absolute atomic E-state index is 0.794. The van der Waals surface area contributed by atoms with Crippen molar-refractivity contribution in [1.29, 1.82) is 0 Å². The number of rotatable bonds is 5. The third kappa shape index (κ3) is 2.90. The second-order valence-electron chi connectivity index (χ2n) is 5.92. The lowest BCUT2D eigenvalue weighted by atomic mass is 10.2. The van der Waals surface area contributed by atoms with Crippen LogP contribution in [-0.2, 0) is 19.6 Å². The van der Waals surface area contributed by atoms with E-state index in [1.165, 1.54) is 11.3 Å². The maximum Gasteiger partial charge on any atom is 0.121 e. The highest BCUT2D eigenvalue weighted by molar-refractivity contribution is 5.78. The van der Waals surface area contributed by atoms with E-state index in [1.807, 2.05) is 6.92 Å². The van der Waals surface area contributed by atoms with E-state index in [1.54, 1.807) is 0 Å². The Labute approximate surface area is 131 Å². The van der Waals surface area contributed by atoms with Crippen LogP contribution in [0.4, 0.5) is 0 Å². The Kier molecular flexibility index (Phi) is 3.98. The van der Waals surface area contributed by atoms with Gasteiger partial charge in [-0.05, 0) is 45.5 Å². The van der Waals surface area contributed by atoms with Crippen LogP contribution in [0.3, 0.4) is 0 Å². The first-order valence-electron chi connectivity index (χ1n) is 7.73. The van der Waals surface area contributed by atoms with Crippen molar-refractivity contribution < 1.29 is 0 Å². The maximum absolute atomic E-state index is 4.72. The van der Waals surface area contributed by atoms with Crippen molar-refractivity contribution in [2.45, 2.75) is 40.4 Å². The zero-order chi connectivity index (χ0) is 15.7. The molecule has 0 bridgehead atoms. The molecule has 0 saturated carbocycles. The van der Waals surface area contributed by atoms with Crippen molar-refractivity contribution >= 4 is 11.0 Å². The number of aromatic nitrogens is 4. The van der Waals surface area contributed by atoms with E-state index in [9.17, 15) is 0 Å². The molecule has 2 heterocycles. The summed E-state index contributed by atoms with van der Waals surface area (Å²) in [5, 5.41) is 4.50. The molecular weight excluding hydrogens is 274 g/mol. The molecule has 1 N–H and O–H groups in total. The quantitative estimate of drug-likeness (QED) is 0.787. The topological polar surface area (TPSA) is 49.7 Å². The van der Waals surface area contributed by atoms with Crippen molar-refractivity contribution in [3.8, 4) is 0 Å². The molecule has 5 nitrogen and oxygen atoms in total. The van der Waals surface area contributed by atoms with E-state index in [0.29, 0.717) is 0 Å². The Bertz CT molecular complexity index is 784. The van der Waals surface area contributed by atoms with Gasteiger partial charge in [-0.25, -0.2) is 4.98 Å². The summed E-state index contributed by atoms with van der Waals surface area (Å²) in [6.07, 6.45) is 0. The fourth-order valence-corrected chi connectivity index (χ4v) is 2.89. The van der Waals surface area contributed by atoms with Crippen LogP contribution in [0.2, 0.25) is 0 Å². The standard InChI is InChI=1S/C17H23N5/c1-5-22-14(9-13(3)20-22)10-21(4)11-16-18-15-8-6-7-12(2)17(15)19-16/h6-9H,5,10-11H2,1-4H3,(H,18,19). The van der Waals surface area contributed by atoms with Gasteiger partial charge in [0, 0.05) is 13.1 Å². The van der Waals surface area contributed by atoms with E-state index < -0.39 is 0 Å². The number of hydrogen-bond acceptors (Lipinski definition) is 3. The fraction of sp³-hybridized carbons (Fsp3) is 0.412. The van der Waals surface area contributed by atoms with Crippen molar-refractivity contribution in [3.05, 3.63) is 47.0 Å². The molecule has 2 aromatic heterocycles. The summed E-state index contributed by atoms with van der Waals surface area (Å²) in [5.74, 6) is 1.01. The molecule has 3 rings (SSSR count). The van der Waals surface area contributed by atoms with E-state index >= 15 is 0 Å². The monoisotopic (exact) mass is 297 g/mol. The number of H-pyrrole nitrogens is 1. The van der Waals surface area contributed by atoms with E-state index in [-0.39, 0.29) is 0 Å². The Balaban J connectivity index is 1.75. The van der Waals surface area contributed by atoms with Gasteiger partial charge in [0.25, 0.3) is 0 Å². The molecule has 0 amide bonds. The molecule has 0 fully saturated rings. The normalized spacial score (nSPS) is 11.7. The largest absolute Gasteiger partial charge is 0.341 e. The van der Waals surface area contributed by atoms with Crippen LogP contribution >= 0.6 is 0 Å². The summed E-state index contributed by atoms with van der Waals surface area (Å²) < 4.78 is 2.06. The molecule has 5 heteroatoms. The summed E-state index contributed by atoms with van der Waals surface area (Å²) >= 11 is 0. The molecule has 116 valence electrons. The van der Waals surface area contributed by atoms with Crippen molar-refractivity contribution in [2.24, 2.45) is 0 Å². The van der Waals surface area contributed by atoms with E-state index in [4.69, 9.17) is 4.98 Å². The van der Waals surface area contributed by atoms with Gasteiger partial charge in [-0.15, -0.1) is 0 Å². The van der Waals surface area contributed by atoms with Crippen LogP contribution < -0.4 is 0 Å². The summed E-state index contributed by atoms with van der Waals surface area (Å²) in [6, 6.07) is 8.39. The number of fused-ring (bicyclic) bond motifs is 1. The molecule has 0 radical (unpaired) electrons. The number of aromatic amines is 1. The van der Waals surface area contributed by atoms with E-state index in [2.05, 4.69) is 64.8 Å². The first-order chi connectivity index (χ1) is 10.6. The van der Waals surface area contributed by atoms with Crippen LogP contribution in [0.15, 0.2) is 24.3 Å². The van der Waals surface area contributed by atoms with Crippen molar-refractivity contribution in [1.82, 2.24) is 24.6 Å². The Morgan fingerprint density at radius 2 is 2.05 bits per heavy atom. The van der Waals surface area contributed by atoms with Crippen LogP contribution in [0.25, 0.3) is 11.0 Å². The smallest absolute Gasteiger partial charge is 0.121 e. The average molecular weight is 297 g/mol. The van der Waals surface area contributed by atoms with Gasteiger partial charge in [-0.2, -0.15) is 5.10 Å². The number of aryl methyl sites for hydroxylation is 3. The first-order valence-corrected chi connectivity index (χ1v) is 7.73. The molecule has 0 spiro atoms. The van der Waals surface area contributed by atoms with Gasteiger partial charge < -0.3 is 4.98 Å². The number of para-hydroxylation sites is 1. The summed E-state index contributed by atoms with van der Waals surface area (Å²) in [6.45, 7) is 8.82. The minimum Gasteiger partial charge on any atom is -0.341 e. The summed E-state index contributed by atoms with van der Waals surface area (Å²) in [5.41, 5.74) is 5.71. The van der Waals surface area contributed by atoms with Gasteiger partial charge in [0.2, 0.25) is 0 Å². The molecule has 0 aliphatic heterocycles. The molecule has 0 atom stereocenters. The lowest BCUT2D eigenvalue weighted by Crippen LogP contribution is -2.20. The van der Waals surface area contributed by atoms with Gasteiger partial charge in [-0.1, -0.05) is 12.1 Å². The lowest BCUT2D eigenvalue weighted by molar-refractivity contribution is 0.301. The molecule has 1 aromatic carbocycles. The van der Waals surface area contributed by atoms with Crippen molar-refractivity contribution in [3.63, 3.8) is 0 Å². The summed E-state index contributed by atoms with van der Waals surface area (Å²) in [4.78, 5) is 10.4. The minimum atomic E-state index is 0.794. The van der Waals surface area contributed by atoms with Crippen LogP contribution in [-0.4, -0.2) is 31.7 Å². The Hall–Kier alpha value is -2.14. The fourth-order valence-electron chi connectivity index (χ4n) is 2.89. The molecule has 0 unspecified atom stereocenters. The second-order valence-corrected chi connectivity index (χ2v) is 5.92. The lowest BCUT2D eigenvalue weighted by Gasteiger charge is -2.15. The number of benzene rings is 1. The summed E-state index contributed by atoms with van der Waals surface area (Å²) in [7, 11) is 2.11. The molecular formula is C17H23N5. The second kappa shape index (κ2) is 5.93. The Morgan fingerprint density at radius 1 is 1.23 bits per heavy atom. The van der Waals surface area contributed by atoms with Crippen molar-refractivity contribution in [2.75, 3.05) is 7.05 Å². The zero-order valence-corrected chi connectivity index (χ0v) is 13.7. The van der Waals surface area contributed by atoms with Crippen LogP contribution in [0.1, 0.15) is 29.7 Å². The van der Waals surface area contributed by atoms with Crippen LogP contribution in [0.5, 0.6) is 0 Å². The SMILES string of the molecule is CCn1nc(C)cc1CN(C)Cc1nc2c(C)cccc2[nH]1. The highest BCUT2D eigenvalue weighted by Crippen LogP contribution is 2.16. The number of hydrogen-bond donors (Lipinski definition) is 1. The van der Waals surface area contributed by atoms with Gasteiger partial charge in [-0.3, -0.25) is 9.58 Å². The molecule has 0 aliphatic carbocycles. The van der Waals surface area contributed by atoms with Gasteiger partial charge >= 0.3 is 0 Å². The molecule has 0 aliphatic rings. The third-order valence-corrected chi connectivity index (χ3v) is 3.90. The van der Waals surface area contributed by atoms with Crippen LogP contribution in [0, 0.1) is 13.8 Å². The van der Waals surface area contributed by atoms with Gasteiger partial charge in [0.05, 0.1) is 29.0 Å². The predicted octanol–water partition coefficient (Wildman–Crippen LogP) is 3.03. The molecule has 22 heavy (non-hydrogen) atoms. The zero-order valence-electron chi connectivity index (χ0n) is 13.7. The molecule has 3 aromatic rings. The molecule has 0 saturated heterocycles.